The zero-order valence-corrected chi connectivity index (χ0v) is 22.0. The summed E-state index contributed by atoms with van der Waals surface area (Å²) >= 11 is 11.4. The van der Waals surface area contributed by atoms with Crippen molar-refractivity contribution in [3.8, 4) is 5.75 Å². The van der Waals surface area contributed by atoms with Crippen LogP contribution in [0.4, 0.5) is 11.4 Å². The molecule has 2 aromatic carbocycles. The zero-order chi connectivity index (χ0) is 25.5. The maximum atomic E-state index is 13.4. The fourth-order valence-corrected chi connectivity index (χ4v) is 5.17. The molecule has 2 aliphatic heterocycles. The van der Waals surface area contributed by atoms with Gasteiger partial charge in [-0.05, 0) is 75.3 Å². The third kappa shape index (κ3) is 4.58. The van der Waals surface area contributed by atoms with Gasteiger partial charge in [0.15, 0.2) is 5.11 Å². The number of nitrogens with one attached hydrogen (secondary N) is 1. The Morgan fingerprint density at radius 3 is 2.60 bits per heavy atom. The molecule has 35 heavy (non-hydrogen) atoms. The Morgan fingerprint density at radius 1 is 1.20 bits per heavy atom. The molecular weight excluding hydrogens is 482 g/mol. The van der Waals surface area contributed by atoms with Gasteiger partial charge >= 0.3 is 0 Å². The number of hydrogen-bond donors (Lipinski definition) is 1. The van der Waals surface area contributed by atoms with E-state index in [0.29, 0.717) is 22.0 Å². The molecule has 1 fully saturated rings. The number of allylic oxidation sites excluding steroid dienone is 1. The largest absolute Gasteiger partial charge is 0.496 e. The van der Waals surface area contributed by atoms with Crippen LogP contribution in [0.25, 0.3) is 11.6 Å². The van der Waals surface area contributed by atoms with Crippen molar-refractivity contribution in [3.63, 3.8) is 0 Å². The number of thiocarbonyl (C=S) groups is 1. The molecule has 0 radical (unpaired) electrons. The number of fused-ring (bicyclic) bond motifs is 1. The lowest BCUT2D eigenvalue weighted by atomic mass is 9.87. The van der Waals surface area contributed by atoms with Crippen molar-refractivity contribution in [2.75, 3.05) is 23.5 Å². The molecule has 2 aromatic rings. The van der Waals surface area contributed by atoms with Crippen LogP contribution in [0.5, 0.6) is 5.75 Å². The fourth-order valence-electron chi connectivity index (χ4n) is 4.71. The summed E-state index contributed by atoms with van der Waals surface area (Å²) in [5.41, 5.74) is 4.15. The Morgan fingerprint density at radius 2 is 1.94 bits per heavy atom. The maximum Gasteiger partial charge on any atom is 0.270 e. The number of carbonyl (C=O) groups is 2. The first-order valence-electron chi connectivity index (χ1n) is 11.4. The van der Waals surface area contributed by atoms with E-state index in [1.165, 1.54) is 4.90 Å². The van der Waals surface area contributed by atoms with Gasteiger partial charge in [0.2, 0.25) is 0 Å². The highest BCUT2D eigenvalue weighted by Crippen LogP contribution is 2.43. The summed E-state index contributed by atoms with van der Waals surface area (Å²) in [6.07, 6.45) is 4.80. The van der Waals surface area contributed by atoms with E-state index >= 15 is 0 Å². The third-order valence-corrected chi connectivity index (χ3v) is 6.76. The minimum atomic E-state index is -0.556. The molecule has 0 spiro atoms. The molecule has 0 atom stereocenters. The van der Waals surface area contributed by atoms with Crippen LogP contribution in [-0.2, 0) is 9.59 Å². The molecular formula is C27H28ClN3O3S. The van der Waals surface area contributed by atoms with Crippen LogP contribution in [0.3, 0.4) is 0 Å². The molecule has 6 nitrogen and oxygen atoms in total. The first-order chi connectivity index (χ1) is 16.6. The number of hydrogen-bond acceptors (Lipinski definition) is 5. The van der Waals surface area contributed by atoms with Gasteiger partial charge in [0, 0.05) is 34.4 Å². The van der Waals surface area contributed by atoms with E-state index in [9.17, 15) is 9.59 Å². The number of benzene rings is 2. The van der Waals surface area contributed by atoms with Crippen molar-refractivity contribution in [2.24, 2.45) is 0 Å². The highest BCUT2D eigenvalue weighted by Gasteiger charge is 2.36. The number of nitrogens with zero attached hydrogens (tertiary/aromatic N) is 2. The van der Waals surface area contributed by atoms with E-state index < -0.39 is 11.8 Å². The Bertz CT molecular complexity index is 1300. The quantitative estimate of drug-likeness (QED) is 0.323. The number of ether oxygens (including phenoxy) is 1. The van der Waals surface area contributed by atoms with E-state index in [2.05, 4.69) is 44.0 Å². The summed E-state index contributed by atoms with van der Waals surface area (Å²) in [7, 11) is 1.58. The fraction of sp³-hybridized carbons (Fsp3) is 0.296. The van der Waals surface area contributed by atoms with Crippen molar-refractivity contribution in [1.82, 2.24) is 5.32 Å². The third-order valence-electron chi connectivity index (χ3n) is 6.24. The van der Waals surface area contributed by atoms with Crippen molar-refractivity contribution in [3.05, 3.63) is 64.2 Å². The molecule has 2 amide bonds. The molecule has 1 saturated heterocycles. The minimum absolute atomic E-state index is 0.00744. The molecule has 0 bridgehead atoms. The average molecular weight is 510 g/mol. The second-order valence-electron chi connectivity index (χ2n) is 9.18. The molecule has 0 unspecified atom stereocenters. The van der Waals surface area contributed by atoms with E-state index in [1.807, 2.05) is 12.1 Å². The van der Waals surface area contributed by atoms with Crippen molar-refractivity contribution in [1.29, 1.82) is 0 Å². The van der Waals surface area contributed by atoms with E-state index in [1.54, 1.807) is 37.5 Å². The normalized spacial score (nSPS) is 18.4. The monoisotopic (exact) mass is 509 g/mol. The Hall–Kier alpha value is -3.16. The van der Waals surface area contributed by atoms with E-state index in [-0.39, 0.29) is 16.2 Å². The van der Waals surface area contributed by atoms with Gasteiger partial charge in [-0.15, -0.1) is 0 Å². The molecule has 0 aromatic heterocycles. The van der Waals surface area contributed by atoms with Crippen molar-refractivity contribution in [2.45, 2.75) is 39.7 Å². The van der Waals surface area contributed by atoms with E-state index in [4.69, 9.17) is 28.6 Å². The summed E-state index contributed by atoms with van der Waals surface area (Å²) in [6.45, 7) is 9.50. The predicted molar refractivity (Wildman–Crippen MR) is 146 cm³/mol. The molecule has 8 heteroatoms. The molecule has 182 valence electrons. The number of anilines is 2. The summed E-state index contributed by atoms with van der Waals surface area (Å²) in [5.74, 6) is -0.508. The molecule has 0 saturated carbocycles. The van der Waals surface area contributed by atoms with Crippen molar-refractivity contribution < 1.29 is 14.3 Å². The average Bonchev–Trinajstić information content (AvgIpc) is 2.78. The van der Waals surface area contributed by atoms with Gasteiger partial charge in [0.25, 0.3) is 11.8 Å². The smallest absolute Gasteiger partial charge is 0.270 e. The Labute approximate surface area is 216 Å². The van der Waals surface area contributed by atoms with E-state index in [0.717, 1.165) is 29.8 Å². The van der Waals surface area contributed by atoms with Crippen LogP contribution < -0.4 is 19.9 Å². The van der Waals surface area contributed by atoms with Gasteiger partial charge in [-0.25, -0.2) is 0 Å². The van der Waals surface area contributed by atoms with Gasteiger partial charge in [-0.1, -0.05) is 30.7 Å². The van der Waals surface area contributed by atoms with Crippen LogP contribution in [0.15, 0.2) is 48.0 Å². The van der Waals surface area contributed by atoms with Crippen LogP contribution in [0.2, 0.25) is 5.02 Å². The molecule has 2 heterocycles. The van der Waals surface area contributed by atoms with Crippen LogP contribution >= 0.6 is 23.8 Å². The lowest BCUT2D eigenvalue weighted by Crippen LogP contribution is -2.54. The number of carbonyl (C=O) groups excluding carboxylic acids is 2. The van der Waals surface area contributed by atoms with Crippen LogP contribution in [0.1, 0.15) is 45.2 Å². The van der Waals surface area contributed by atoms with Crippen LogP contribution in [-0.4, -0.2) is 36.1 Å². The lowest BCUT2D eigenvalue weighted by Gasteiger charge is -2.43. The molecule has 1 N–H and O–H groups in total. The summed E-state index contributed by atoms with van der Waals surface area (Å²) < 4.78 is 5.71. The van der Waals surface area contributed by atoms with Gasteiger partial charge < -0.3 is 9.64 Å². The van der Waals surface area contributed by atoms with Gasteiger partial charge in [-0.2, -0.15) is 0 Å². The van der Waals surface area contributed by atoms with Gasteiger partial charge in [0.1, 0.15) is 11.3 Å². The highest BCUT2D eigenvalue weighted by atomic mass is 35.5. The number of halogens is 1. The number of rotatable bonds is 5. The maximum absolute atomic E-state index is 13.4. The lowest BCUT2D eigenvalue weighted by molar-refractivity contribution is -0.122. The number of methoxy groups -OCH3 is 1. The second-order valence-corrected chi connectivity index (χ2v) is 10.0. The highest BCUT2D eigenvalue weighted by molar-refractivity contribution is 7.80. The van der Waals surface area contributed by atoms with Crippen LogP contribution in [0, 0.1) is 0 Å². The number of amides is 2. The Balaban J connectivity index is 1.83. The molecule has 2 aliphatic rings. The van der Waals surface area contributed by atoms with Gasteiger partial charge in [-0.3, -0.25) is 19.8 Å². The zero-order valence-electron chi connectivity index (χ0n) is 20.4. The predicted octanol–water partition coefficient (Wildman–Crippen LogP) is 5.59. The molecule has 4 rings (SSSR count). The standard InChI is InChI=1S/C27H28ClN3O3S/c1-6-10-30-22-14-23(34-5)17(11-20(22)16(2)15-27(30,3)4)12-21-24(32)29-26(35)31(25(21)33)19-9-7-8-18(28)13-19/h7-9,11-15H,6,10H2,1-5H3,(H,29,32,35)/b21-12-. The topological polar surface area (TPSA) is 61.9 Å². The first-order valence-corrected chi connectivity index (χ1v) is 12.2. The summed E-state index contributed by atoms with van der Waals surface area (Å²) in [6, 6.07) is 10.7. The first kappa shape index (κ1) is 24.9. The minimum Gasteiger partial charge on any atom is -0.496 e. The second kappa shape index (κ2) is 9.47. The van der Waals surface area contributed by atoms with Crippen molar-refractivity contribution >= 4 is 63.8 Å². The Kier molecular flexibility index (Phi) is 6.75. The molecule has 0 aliphatic carbocycles. The summed E-state index contributed by atoms with van der Waals surface area (Å²) in [5, 5.41) is 3.08. The van der Waals surface area contributed by atoms with Gasteiger partial charge in [0.05, 0.1) is 18.3 Å². The summed E-state index contributed by atoms with van der Waals surface area (Å²) in [4.78, 5) is 29.9. The SMILES string of the molecule is CCCN1c2cc(OC)c(/C=C3/C(=O)NC(=S)N(c4cccc(Cl)c4)C3=O)cc2C(C)=CC1(C)C.